The predicted molar refractivity (Wildman–Crippen MR) is 97.7 cm³/mol. The average Bonchev–Trinajstić information content (AvgIpc) is 2.69. The Morgan fingerprint density at radius 1 is 1.14 bits per heavy atom. The topological polar surface area (TPSA) is 55.3 Å². The molecular weight excluding hydrogens is 395 g/mol. The van der Waals surface area contributed by atoms with E-state index in [1.807, 2.05) is 0 Å². The minimum Gasteiger partial charge on any atom is -0.438 e. The summed E-state index contributed by atoms with van der Waals surface area (Å²) in [5.41, 5.74) is 0.0168. The molecule has 3 aromatic rings. The number of halogens is 4. The maximum Gasteiger partial charge on any atom is 0.416 e. The Kier molecular flexibility index (Phi) is 5.51. The number of carbonyl (C=O) groups excluding carboxylic acids is 1. The molecule has 1 aromatic carbocycles. The molecule has 1 amide bonds. The van der Waals surface area contributed by atoms with E-state index in [1.54, 1.807) is 25.4 Å². The van der Waals surface area contributed by atoms with Gasteiger partial charge in [0.15, 0.2) is 0 Å². The lowest BCUT2D eigenvalue weighted by molar-refractivity contribution is -0.137. The van der Waals surface area contributed by atoms with E-state index in [0.29, 0.717) is 5.69 Å². The first kappa shape index (κ1) is 19.6. The molecule has 0 unspecified atom stereocenters. The number of anilines is 1. The van der Waals surface area contributed by atoms with E-state index >= 15 is 0 Å². The smallest absolute Gasteiger partial charge is 0.416 e. The van der Waals surface area contributed by atoms with Crippen molar-refractivity contribution < 1.29 is 22.7 Å². The van der Waals surface area contributed by atoms with Crippen LogP contribution < -0.4 is 9.64 Å². The van der Waals surface area contributed by atoms with E-state index in [0.717, 1.165) is 24.3 Å². The van der Waals surface area contributed by atoms with E-state index < -0.39 is 11.7 Å². The molecule has 0 atom stereocenters. The van der Waals surface area contributed by atoms with Crippen LogP contribution in [-0.2, 0) is 6.18 Å². The van der Waals surface area contributed by atoms with Crippen LogP contribution in [0, 0.1) is 0 Å². The van der Waals surface area contributed by atoms with Crippen molar-refractivity contribution in [3.05, 3.63) is 77.2 Å². The highest BCUT2D eigenvalue weighted by atomic mass is 35.5. The zero-order valence-electron chi connectivity index (χ0n) is 14.4. The zero-order valence-corrected chi connectivity index (χ0v) is 15.2. The van der Waals surface area contributed by atoms with Crippen LogP contribution >= 0.6 is 11.6 Å². The zero-order chi connectivity index (χ0) is 20.3. The largest absolute Gasteiger partial charge is 0.438 e. The van der Waals surface area contributed by atoms with Crippen LogP contribution in [0.5, 0.6) is 11.6 Å². The molecule has 2 heterocycles. The molecule has 0 saturated carbocycles. The maximum atomic E-state index is 12.6. The average molecular weight is 408 g/mol. The van der Waals surface area contributed by atoms with Gasteiger partial charge in [-0.1, -0.05) is 11.6 Å². The number of nitrogens with zero attached hydrogens (tertiary/aromatic N) is 3. The van der Waals surface area contributed by atoms with Crippen LogP contribution in [0.1, 0.15) is 15.9 Å². The van der Waals surface area contributed by atoms with Crippen LogP contribution in [0.2, 0.25) is 5.02 Å². The Morgan fingerprint density at radius 3 is 2.43 bits per heavy atom. The fourth-order valence-electron chi connectivity index (χ4n) is 2.30. The fourth-order valence-corrected chi connectivity index (χ4v) is 2.51. The van der Waals surface area contributed by atoms with E-state index in [9.17, 15) is 18.0 Å². The summed E-state index contributed by atoms with van der Waals surface area (Å²) < 4.78 is 43.2. The fraction of sp³-hybridized carbons (Fsp3) is 0.105. The van der Waals surface area contributed by atoms with Crippen molar-refractivity contribution in [2.45, 2.75) is 6.18 Å². The van der Waals surface area contributed by atoms with E-state index in [-0.39, 0.29) is 28.1 Å². The number of aromatic nitrogens is 2. The standard InChI is InChI=1S/C19H13ClF3N3O2/c1-26(14-3-2-8-24-11-14)18(27)12-9-16(20)17(25-10-12)28-15-6-4-13(5-7-15)19(21,22)23/h2-11H,1H3. The van der Waals surface area contributed by atoms with Gasteiger partial charge in [-0.3, -0.25) is 9.78 Å². The summed E-state index contributed by atoms with van der Waals surface area (Å²) in [6.07, 6.45) is -0.0279. The number of hydrogen-bond acceptors (Lipinski definition) is 4. The number of carbonyl (C=O) groups is 1. The summed E-state index contributed by atoms with van der Waals surface area (Å²) in [6, 6.07) is 8.91. The monoisotopic (exact) mass is 407 g/mol. The van der Waals surface area contributed by atoms with Gasteiger partial charge in [-0.15, -0.1) is 0 Å². The number of benzene rings is 1. The minimum absolute atomic E-state index is 0.0259. The number of alkyl halides is 3. The van der Waals surface area contributed by atoms with Crippen molar-refractivity contribution in [3.8, 4) is 11.6 Å². The normalized spacial score (nSPS) is 11.2. The first-order chi connectivity index (χ1) is 13.3. The highest BCUT2D eigenvalue weighted by Gasteiger charge is 2.30. The molecule has 144 valence electrons. The quantitative estimate of drug-likeness (QED) is 0.595. The molecule has 0 saturated heterocycles. The van der Waals surface area contributed by atoms with Crippen LogP contribution in [0.4, 0.5) is 18.9 Å². The first-order valence-corrected chi connectivity index (χ1v) is 8.32. The number of ether oxygens (including phenoxy) is 1. The maximum absolute atomic E-state index is 12.6. The number of hydrogen-bond donors (Lipinski definition) is 0. The highest BCUT2D eigenvalue weighted by Crippen LogP contribution is 2.32. The van der Waals surface area contributed by atoms with Crippen molar-refractivity contribution in [1.29, 1.82) is 0 Å². The van der Waals surface area contributed by atoms with Gasteiger partial charge in [0.1, 0.15) is 10.8 Å². The molecule has 0 fully saturated rings. The predicted octanol–water partition coefficient (Wildman–Crippen LogP) is 5.22. The third-order valence-electron chi connectivity index (χ3n) is 3.79. The summed E-state index contributed by atoms with van der Waals surface area (Å²) in [4.78, 5) is 21.9. The van der Waals surface area contributed by atoms with Crippen molar-refractivity contribution in [2.75, 3.05) is 11.9 Å². The summed E-state index contributed by atoms with van der Waals surface area (Å²) in [6.45, 7) is 0. The molecule has 0 radical (unpaired) electrons. The molecule has 28 heavy (non-hydrogen) atoms. The molecule has 0 aliphatic heterocycles. The summed E-state index contributed by atoms with van der Waals surface area (Å²) in [5, 5.41) is 0.0466. The molecule has 0 bridgehead atoms. The van der Waals surface area contributed by atoms with Gasteiger partial charge in [-0.2, -0.15) is 13.2 Å². The number of amides is 1. The van der Waals surface area contributed by atoms with E-state index in [4.69, 9.17) is 16.3 Å². The molecule has 5 nitrogen and oxygen atoms in total. The Bertz CT molecular complexity index is 980. The molecule has 3 rings (SSSR count). The van der Waals surface area contributed by atoms with Crippen LogP contribution in [0.3, 0.4) is 0 Å². The summed E-state index contributed by atoms with van der Waals surface area (Å²) in [7, 11) is 1.58. The van der Waals surface area contributed by atoms with Gasteiger partial charge in [0.05, 0.1) is 23.0 Å². The van der Waals surface area contributed by atoms with Crippen LogP contribution in [0.25, 0.3) is 0 Å². The summed E-state index contributed by atoms with van der Waals surface area (Å²) in [5.74, 6) is -0.251. The van der Waals surface area contributed by atoms with Crippen LogP contribution in [-0.4, -0.2) is 22.9 Å². The van der Waals surface area contributed by atoms with Crippen molar-refractivity contribution >= 4 is 23.2 Å². The Hall–Kier alpha value is -3.13. The summed E-state index contributed by atoms with van der Waals surface area (Å²) >= 11 is 6.13. The van der Waals surface area contributed by atoms with Gasteiger partial charge >= 0.3 is 6.18 Å². The van der Waals surface area contributed by atoms with Gasteiger partial charge < -0.3 is 9.64 Å². The van der Waals surface area contributed by atoms with Gasteiger partial charge in [0.25, 0.3) is 5.91 Å². The molecular formula is C19H13ClF3N3O2. The SMILES string of the molecule is CN(C(=O)c1cnc(Oc2ccc(C(F)(F)F)cc2)c(Cl)c1)c1cccnc1. The van der Waals surface area contributed by atoms with Gasteiger partial charge in [0.2, 0.25) is 5.88 Å². The van der Waals surface area contributed by atoms with E-state index in [1.165, 1.54) is 23.4 Å². The molecule has 0 aliphatic carbocycles. The van der Waals surface area contributed by atoms with Gasteiger partial charge in [-0.25, -0.2) is 4.98 Å². The second-order valence-electron chi connectivity index (χ2n) is 5.71. The first-order valence-electron chi connectivity index (χ1n) is 7.94. The molecule has 0 spiro atoms. The van der Waals surface area contributed by atoms with Gasteiger partial charge in [-0.05, 0) is 42.5 Å². The molecule has 2 aromatic heterocycles. The Morgan fingerprint density at radius 2 is 1.86 bits per heavy atom. The van der Waals surface area contributed by atoms with Gasteiger partial charge in [0, 0.05) is 19.4 Å². The lowest BCUT2D eigenvalue weighted by Crippen LogP contribution is -2.26. The Balaban J connectivity index is 1.76. The molecule has 0 aliphatic rings. The van der Waals surface area contributed by atoms with Crippen molar-refractivity contribution in [2.24, 2.45) is 0 Å². The lowest BCUT2D eigenvalue weighted by atomic mass is 10.2. The Labute approximate surface area is 163 Å². The highest BCUT2D eigenvalue weighted by molar-refractivity contribution is 6.32. The molecule has 0 N–H and O–H groups in total. The number of rotatable bonds is 4. The second-order valence-corrected chi connectivity index (χ2v) is 6.12. The molecule has 9 heteroatoms. The van der Waals surface area contributed by atoms with Crippen molar-refractivity contribution in [3.63, 3.8) is 0 Å². The van der Waals surface area contributed by atoms with E-state index in [2.05, 4.69) is 9.97 Å². The third-order valence-corrected chi connectivity index (χ3v) is 4.06. The van der Waals surface area contributed by atoms with Crippen molar-refractivity contribution in [1.82, 2.24) is 9.97 Å². The number of pyridine rings is 2. The minimum atomic E-state index is -4.43. The third kappa shape index (κ3) is 4.40. The van der Waals surface area contributed by atoms with Crippen LogP contribution in [0.15, 0.2) is 61.1 Å². The lowest BCUT2D eigenvalue weighted by Gasteiger charge is -2.17. The second kappa shape index (κ2) is 7.85.